The Morgan fingerprint density at radius 1 is 1.19 bits per heavy atom. The Balaban J connectivity index is 1.77. The molecule has 0 unspecified atom stereocenters. The summed E-state index contributed by atoms with van der Waals surface area (Å²) in [5.41, 5.74) is 2.80. The molecule has 0 spiro atoms. The minimum atomic E-state index is -3.51. The predicted molar refractivity (Wildman–Crippen MR) is 95.3 cm³/mol. The highest BCUT2D eigenvalue weighted by Crippen LogP contribution is 2.16. The van der Waals surface area contributed by atoms with Gasteiger partial charge in [-0.2, -0.15) is 10.1 Å². The topological polar surface area (TPSA) is 118 Å². The van der Waals surface area contributed by atoms with Gasteiger partial charge >= 0.3 is 0 Å². The number of hydrogen-bond acceptors (Lipinski definition) is 6. The molecule has 0 aliphatic heterocycles. The van der Waals surface area contributed by atoms with Crippen LogP contribution in [-0.2, 0) is 21.2 Å². The maximum absolute atomic E-state index is 12.4. The van der Waals surface area contributed by atoms with Gasteiger partial charge in [0, 0.05) is 22.6 Å². The van der Waals surface area contributed by atoms with Crippen LogP contribution < -0.4 is 10.0 Å². The van der Waals surface area contributed by atoms with E-state index in [2.05, 4.69) is 25.1 Å². The molecule has 26 heavy (non-hydrogen) atoms. The number of rotatable bonds is 5. The summed E-state index contributed by atoms with van der Waals surface area (Å²) in [6, 6.07) is 5.95. The van der Waals surface area contributed by atoms with Gasteiger partial charge in [0.2, 0.25) is 15.9 Å². The maximum atomic E-state index is 12.4. The second-order valence-electron chi connectivity index (χ2n) is 5.69. The van der Waals surface area contributed by atoms with Crippen molar-refractivity contribution in [2.75, 3.05) is 12.4 Å². The van der Waals surface area contributed by atoms with Crippen molar-refractivity contribution < 1.29 is 13.2 Å². The van der Waals surface area contributed by atoms with E-state index in [-0.39, 0.29) is 17.2 Å². The highest BCUT2D eigenvalue weighted by Gasteiger charge is 2.15. The molecule has 2 N–H and O–H groups in total. The van der Waals surface area contributed by atoms with E-state index in [9.17, 15) is 13.2 Å². The summed E-state index contributed by atoms with van der Waals surface area (Å²) < 4.78 is 27.3. The second kappa shape index (κ2) is 6.81. The quantitative estimate of drug-likeness (QED) is 0.683. The minimum absolute atomic E-state index is 0.122. The Hall–Kier alpha value is -2.85. The molecule has 0 fully saturated rings. The molecule has 3 rings (SSSR count). The zero-order valence-corrected chi connectivity index (χ0v) is 15.3. The second-order valence-corrected chi connectivity index (χ2v) is 7.58. The summed E-state index contributed by atoms with van der Waals surface area (Å²) in [5, 5.41) is 6.86. The number of aryl methyl sites for hydroxylation is 2. The highest BCUT2D eigenvalue weighted by atomic mass is 32.2. The first-order chi connectivity index (χ1) is 12.3. The van der Waals surface area contributed by atoms with Gasteiger partial charge in [0.15, 0.2) is 0 Å². The number of carbonyl (C=O) groups is 1. The van der Waals surface area contributed by atoms with Gasteiger partial charge in [0.1, 0.15) is 6.33 Å². The molecular weight excluding hydrogens is 356 g/mol. The number of hydrogen-bond donors (Lipinski definition) is 2. The number of anilines is 1. The van der Waals surface area contributed by atoms with Crippen LogP contribution >= 0.6 is 0 Å². The van der Waals surface area contributed by atoms with Crippen molar-refractivity contribution in [3.63, 3.8) is 0 Å². The normalized spacial score (nSPS) is 11.7. The van der Waals surface area contributed by atoms with Crippen LogP contribution in [0.2, 0.25) is 0 Å². The fourth-order valence-electron chi connectivity index (χ4n) is 2.61. The van der Waals surface area contributed by atoms with E-state index < -0.39 is 10.0 Å². The van der Waals surface area contributed by atoms with Crippen LogP contribution in [0.15, 0.2) is 35.5 Å². The molecule has 136 valence electrons. The van der Waals surface area contributed by atoms with Crippen molar-refractivity contribution >= 4 is 27.4 Å². The third kappa shape index (κ3) is 3.41. The maximum Gasteiger partial charge on any atom is 0.252 e. The molecule has 0 aliphatic carbocycles. The Morgan fingerprint density at radius 3 is 2.54 bits per heavy atom. The molecule has 0 saturated carbocycles. The van der Waals surface area contributed by atoms with E-state index >= 15 is 0 Å². The average Bonchev–Trinajstić information content (AvgIpc) is 3.07. The first-order valence-corrected chi connectivity index (χ1v) is 9.29. The summed E-state index contributed by atoms with van der Waals surface area (Å²) >= 11 is 0. The molecule has 0 bridgehead atoms. The Bertz CT molecular complexity index is 1070. The molecule has 9 nitrogen and oxygen atoms in total. The van der Waals surface area contributed by atoms with E-state index in [1.165, 1.54) is 25.5 Å². The molecule has 0 atom stereocenters. The molecular formula is C16H18N6O3S. The van der Waals surface area contributed by atoms with Crippen molar-refractivity contribution in [3.05, 3.63) is 47.5 Å². The fraction of sp³-hybridized carbons (Fsp3) is 0.250. The number of aromatic nitrogens is 4. The molecule has 1 amide bonds. The zero-order chi connectivity index (χ0) is 18.9. The first-order valence-electron chi connectivity index (χ1n) is 7.81. The molecule has 1 aromatic carbocycles. The number of benzene rings is 1. The highest BCUT2D eigenvalue weighted by molar-refractivity contribution is 7.89. The number of nitrogens with zero attached hydrogens (tertiary/aromatic N) is 4. The van der Waals surface area contributed by atoms with Gasteiger partial charge in [0.05, 0.1) is 11.3 Å². The van der Waals surface area contributed by atoms with Crippen LogP contribution in [-0.4, -0.2) is 41.0 Å². The van der Waals surface area contributed by atoms with E-state index in [4.69, 9.17) is 0 Å². The average molecular weight is 374 g/mol. The van der Waals surface area contributed by atoms with Gasteiger partial charge in [-0.25, -0.2) is 22.6 Å². The largest absolute Gasteiger partial charge is 0.326 e. The number of sulfonamides is 1. The molecule has 0 saturated heterocycles. The molecule has 2 heterocycles. The minimum Gasteiger partial charge on any atom is -0.326 e. The van der Waals surface area contributed by atoms with Crippen molar-refractivity contribution in [2.24, 2.45) is 0 Å². The van der Waals surface area contributed by atoms with Gasteiger partial charge in [-0.1, -0.05) is 0 Å². The lowest BCUT2D eigenvalue weighted by atomic mass is 10.1. The predicted octanol–water partition coefficient (Wildman–Crippen LogP) is 0.830. The van der Waals surface area contributed by atoms with Gasteiger partial charge in [-0.15, -0.1) is 0 Å². The van der Waals surface area contributed by atoms with Gasteiger partial charge in [-0.05, 0) is 45.2 Å². The van der Waals surface area contributed by atoms with Crippen LogP contribution in [0, 0.1) is 13.8 Å². The van der Waals surface area contributed by atoms with Crippen LogP contribution in [0.4, 0.5) is 5.69 Å². The monoisotopic (exact) mass is 374 g/mol. The van der Waals surface area contributed by atoms with Gasteiger partial charge in [-0.3, -0.25) is 4.79 Å². The lowest BCUT2D eigenvalue weighted by Gasteiger charge is -2.11. The zero-order valence-electron chi connectivity index (χ0n) is 14.5. The van der Waals surface area contributed by atoms with Crippen LogP contribution in [0.3, 0.4) is 0 Å². The first kappa shape index (κ1) is 18.0. The van der Waals surface area contributed by atoms with Crippen molar-refractivity contribution in [2.45, 2.75) is 25.2 Å². The Labute approximate surface area is 150 Å². The number of amides is 1. The molecule has 10 heteroatoms. The summed E-state index contributed by atoms with van der Waals surface area (Å²) in [6.07, 6.45) is 1.54. The number of fused-ring (bicyclic) bond motifs is 1. The molecule has 3 aromatic rings. The third-order valence-corrected chi connectivity index (χ3v) is 5.47. The summed E-state index contributed by atoms with van der Waals surface area (Å²) in [5.74, 6) is 0.257. The van der Waals surface area contributed by atoms with E-state index in [1.807, 2.05) is 13.8 Å². The lowest BCUT2D eigenvalue weighted by Crippen LogP contribution is -2.19. The van der Waals surface area contributed by atoms with Crippen LogP contribution in [0.1, 0.15) is 17.0 Å². The Morgan fingerprint density at radius 2 is 1.88 bits per heavy atom. The molecule has 0 aliphatic rings. The smallest absolute Gasteiger partial charge is 0.252 e. The standard InChI is InChI=1S/C16H18N6O3S/c1-10-14(11(2)22-16(20-10)18-9-19-22)8-15(23)21-12-4-6-13(7-5-12)26(24,25)17-3/h4-7,9,17H,8H2,1-3H3,(H,21,23). The lowest BCUT2D eigenvalue weighted by molar-refractivity contribution is -0.115. The summed E-state index contributed by atoms with van der Waals surface area (Å²) in [7, 11) is -2.16. The van der Waals surface area contributed by atoms with Crippen molar-refractivity contribution in [1.29, 1.82) is 0 Å². The molecule has 2 aromatic heterocycles. The van der Waals surface area contributed by atoms with Crippen molar-refractivity contribution in [3.8, 4) is 0 Å². The summed E-state index contributed by atoms with van der Waals surface area (Å²) in [4.78, 5) is 20.9. The van der Waals surface area contributed by atoms with E-state index in [0.29, 0.717) is 17.2 Å². The van der Waals surface area contributed by atoms with Gasteiger partial charge in [0.25, 0.3) is 5.78 Å². The summed E-state index contributed by atoms with van der Waals surface area (Å²) in [6.45, 7) is 3.68. The van der Waals surface area contributed by atoms with E-state index in [1.54, 1.807) is 16.6 Å². The van der Waals surface area contributed by atoms with Crippen LogP contribution in [0.5, 0.6) is 0 Å². The molecule has 0 radical (unpaired) electrons. The fourth-order valence-corrected chi connectivity index (χ4v) is 3.34. The van der Waals surface area contributed by atoms with Gasteiger partial charge < -0.3 is 5.32 Å². The number of carbonyl (C=O) groups excluding carboxylic acids is 1. The number of nitrogens with one attached hydrogen (secondary N) is 2. The van der Waals surface area contributed by atoms with Crippen LogP contribution in [0.25, 0.3) is 5.78 Å². The third-order valence-electron chi connectivity index (χ3n) is 4.04. The SMILES string of the molecule is CNS(=O)(=O)c1ccc(NC(=O)Cc2c(C)nc3ncnn3c2C)cc1. The Kier molecular flexibility index (Phi) is 4.70. The van der Waals surface area contributed by atoms with E-state index in [0.717, 1.165) is 11.3 Å². The van der Waals surface area contributed by atoms with Crippen molar-refractivity contribution in [1.82, 2.24) is 24.3 Å².